The number of aromatic nitrogens is 2. The molecule has 2 aromatic heterocycles. The third-order valence-corrected chi connectivity index (χ3v) is 6.39. The first-order valence-corrected chi connectivity index (χ1v) is 10.1. The van der Waals surface area contributed by atoms with E-state index in [2.05, 4.69) is 20.7 Å². The summed E-state index contributed by atoms with van der Waals surface area (Å²) in [5.41, 5.74) is 2.92. The van der Waals surface area contributed by atoms with Gasteiger partial charge in [0.05, 0.1) is 11.6 Å². The van der Waals surface area contributed by atoms with Crippen molar-refractivity contribution in [1.29, 1.82) is 0 Å². The molecule has 4 nitrogen and oxygen atoms in total. The second kappa shape index (κ2) is 7.92. The Balaban J connectivity index is 1.52. The Morgan fingerprint density at radius 1 is 1.25 bits per heavy atom. The highest BCUT2D eigenvalue weighted by Crippen LogP contribution is 2.26. The van der Waals surface area contributed by atoms with E-state index in [0.717, 1.165) is 25.7 Å². The predicted molar refractivity (Wildman–Crippen MR) is 101 cm³/mol. The SMILES string of the molecule is Cc1csc(SCc2ccc(C(=O)NCc3cnc(C)s3)cc2)n1. The Bertz CT molecular complexity index is 824. The maximum Gasteiger partial charge on any atom is 0.251 e. The van der Waals surface area contributed by atoms with Gasteiger partial charge in [0.1, 0.15) is 4.34 Å². The summed E-state index contributed by atoms with van der Waals surface area (Å²) in [4.78, 5) is 21.9. The molecule has 2 heterocycles. The molecule has 0 atom stereocenters. The standard InChI is InChI=1S/C17H17N3OS3/c1-11-9-22-17(20-11)23-10-13-3-5-14(6-4-13)16(21)19-8-15-7-18-12(2)24-15/h3-7,9H,8,10H2,1-2H3,(H,19,21). The largest absolute Gasteiger partial charge is 0.347 e. The van der Waals surface area contributed by atoms with Crippen molar-refractivity contribution in [2.24, 2.45) is 0 Å². The van der Waals surface area contributed by atoms with Crippen LogP contribution in [0.1, 0.15) is 31.5 Å². The fraction of sp³-hybridized carbons (Fsp3) is 0.235. The third-order valence-electron chi connectivity index (χ3n) is 3.27. The Labute approximate surface area is 153 Å². The second-order valence-electron chi connectivity index (χ2n) is 5.27. The van der Waals surface area contributed by atoms with Gasteiger partial charge in [-0.1, -0.05) is 23.9 Å². The van der Waals surface area contributed by atoms with Crippen LogP contribution in [0.15, 0.2) is 40.2 Å². The summed E-state index contributed by atoms with van der Waals surface area (Å²) in [6, 6.07) is 7.74. The number of amides is 1. The lowest BCUT2D eigenvalue weighted by Crippen LogP contribution is -2.22. The van der Waals surface area contributed by atoms with Crippen LogP contribution in [0.5, 0.6) is 0 Å². The van der Waals surface area contributed by atoms with Gasteiger partial charge in [0.25, 0.3) is 5.91 Å². The fourth-order valence-corrected chi connectivity index (χ4v) is 4.59. The predicted octanol–water partition coefficient (Wildman–Crippen LogP) is 4.44. The van der Waals surface area contributed by atoms with E-state index in [1.54, 1.807) is 40.6 Å². The van der Waals surface area contributed by atoms with E-state index in [4.69, 9.17) is 0 Å². The molecule has 1 N–H and O–H groups in total. The summed E-state index contributed by atoms with van der Waals surface area (Å²) in [7, 11) is 0. The minimum atomic E-state index is -0.0594. The lowest BCUT2D eigenvalue weighted by molar-refractivity contribution is 0.0951. The van der Waals surface area contributed by atoms with Gasteiger partial charge in [0, 0.05) is 33.5 Å². The number of hydrogen-bond donors (Lipinski definition) is 1. The van der Waals surface area contributed by atoms with E-state index >= 15 is 0 Å². The van der Waals surface area contributed by atoms with Gasteiger partial charge in [-0.2, -0.15) is 0 Å². The molecule has 0 saturated carbocycles. The van der Waals surface area contributed by atoms with Gasteiger partial charge in [-0.3, -0.25) is 4.79 Å². The van der Waals surface area contributed by atoms with Gasteiger partial charge < -0.3 is 5.32 Å². The number of nitrogens with zero attached hydrogens (tertiary/aromatic N) is 2. The molecule has 0 saturated heterocycles. The summed E-state index contributed by atoms with van der Waals surface area (Å²) in [5.74, 6) is 0.797. The van der Waals surface area contributed by atoms with Crippen molar-refractivity contribution in [1.82, 2.24) is 15.3 Å². The van der Waals surface area contributed by atoms with Crippen molar-refractivity contribution in [3.05, 3.63) is 62.5 Å². The Hall–Kier alpha value is -1.70. The normalized spacial score (nSPS) is 10.8. The molecule has 24 heavy (non-hydrogen) atoms. The van der Waals surface area contributed by atoms with Gasteiger partial charge in [-0.25, -0.2) is 9.97 Å². The molecule has 0 unspecified atom stereocenters. The molecule has 0 spiro atoms. The third kappa shape index (κ3) is 4.66. The van der Waals surface area contributed by atoms with Crippen molar-refractivity contribution in [2.75, 3.05) is 0 Å². The van der Waals surface area contributed by atoms with E-state index in [1.165, 1.54) is 5.56 Å². The van der Waals surface area contributed by atoms with E-state index in [-0.39, 0.29) is 5.91 Å². The molecule has 0 radical (unpaired) electrons. The molecule has 0 bridgehead atoms. The zero-order valence-corrected chi connectivity index (χ0v) is 15.9. The van der Waals surface area contributed by atoms with Crippen molar-refractivity contribution >= 4 is 40.3 Å². The van der Waals surface area contributed by atoms with E-state index in [0.29, 0.717) is 12.1 Å². The number of nitrogens with one attached hydrogen (secondary N) is 1. The van der Waals surface area contributed by atoms with Crippen LogP contribution in [0.25, 0.3) is 0 Å². The van der Waals surface area contributed by atoms with Crippen LogP contribution < -0.4 is 5.32 Å². The highest BCUT2D eigenvalue weighted by molar-refractivity contribution is 8.00. The van der Waals surface area contributed by atoms with Gasteiger partial charge in [-0.05, 0) is 31.5 Å². The van der Waals surface area contributed by atoms with E-state index in [1.807, 2.05) is 38.1 Å². The summed E-state index contributed by atoms with van der Waals surface area (Å²) >= 11 is 4.99. The molecule has 1 amide bonds. The highest BCUT2D eigenvalue weighted by Gasteiger charge is 2.07. The van der Waals surface area contributed by atoms with Crippen LogP contribution in [0.2, 0.25) is 0 Å². The molecule has 3 aromatic rings. The summed E-state index contributed by atoms with van der Waals surface area (Å²) in [5, 5.41) is 5.99. The van der Waals surface area contributed by atoms with Crippen molar-refractivity contribution < 1.29 is 4.79 Å². The molecule has 0 aliphatic heterocycles. The van der Waals surface area contributed by atoms with Gasteiger partial charge in [0.2, 0.25) is 0 Å². The lowest BCUT2D eigenvalue weighted by Gasteiger charge is -2.05. The van der Waals surface area contributed by atoms with Crippen molar-refractivity contribution in [3.8, 4) is 0 Å². The van der Waals surface area contributed by atoms with Crippen LogP contribution in [-0.2, 0) is 12.3 Å². The summed E-state index contributed by atoms with van der Waals surface area (Å²) < 4.78 is 1.08. The molecular formula is C17H17N3OS3. The quantitative estimate of drug-likeness (QED) is 0.647. The first-order valence-electron chi connectivity index (χ1n) is 7.43. The average Bonchev–Trinajstić information content (AvgIpc) is 3.19. The maximum absolute atomic E-state index is 12.2. The molecular weight excluding hydrogens is 358 g/mol. The highest BCUT2D eigenvalue weighted by atomic mass is 32.2. The molecule has 7 heteroatoms. The number of thioether (sulfide) groups is 1. The van der Waals surface area contributed by atoms with Crippen LogP contribution in [0, 0.1) is 13.8 Å². The molecule has 3 rings (SSSR count). The van der Waals surface area contributed by atoms with E-state index in [9.17, 15) is 4.79 Å². The Morgan fingerprint density at radius 3 is 2.67 bits per heavy atom. The van der Waals surface area contributed by atoms with Crippen molar-refractivity contribution in [3.63, 3.8) is 0 Å². The Morgan fingerprint density at radius 2 is 2.04 bits per heavy atom. The molecule has 0 fully saturated rings. The van der Waals surface area contributed by atoms with Gasteiger partial charge in [0.15, 0.2) is 0 Å². The molecule has 1 aromatic carbocycles. The van der Waals surface area contributed by atoms with Crippen molar-refractivity contribution in [2.45, 2.75) is 30.5 Å². The van der Waals surface area contributed by atoms with Crippen LogP contribution in [0.4, 0.5) is 0 Å². The fourth-order valence-electron chi connectivity index (χ4n) is 2.05. The number of hydrogen-bond acceptors (Lipinski definition) is 6. The smallest absolute Gasteiger partial charge is 0.251 e. The van der Waals surface area contributed by atoms with Crippen LogP contribution in [0.3, 0.4) is 0 Å². The summed E-state index contributed by atoms with van der Waals surface area (Å²) in [6.07, 6.45) is 1.81. The summed E-state index contributed by atoms with van der Waals surface area (Å²) in [6.45, 7) is 4.48. The lowest BCUT2D eigenvalue weighted by atomic mass is 10.1. The van der Waals surface area contributed by atoms with E-state index < -0.39 is 0 Å². The number of carbonyl (C=O) groups is 1. The minimum absolute atomic E-state index is 0.0594. The first-order chi connectivity index (χ1) is 11.6. The number of thiazole rings is 2. The van der Waals surface area contributed by atoms with Crippen LogP contribution >= 0.6 is 34.4 Å². The molecule has 0 aliphatic rings. The first kappa shape index (κ1) is 17.1. The number of aryl methyl sites for hydroxylation is 2. The van der Waals surface area contributed by atoms with Crippen LogP contribution in [-0.4, -0.2) is 15.9 Å². The molecule has 124 valence electrons. The number of benzene rings is 1. The van der Waals surface area contributed by atoms with Gasteiger partial charge in [-0.15, -0.1) is 22.7 Å². The maximum atomic E-state index is 12.2. The zero-order chi connectivity index (χ0) is 16.9. The zero-order valence-electron chi connectivity index (χ0n) is 13.4. The topological polar surface area (TPSA) is 54.9 Å². The monoisotopic (exact) mass is 375 g/mol. The average molecular weight is 376 g/mol. The second-order valence-corrected chi connectivity index (χ2v) is 8.67. The minimum Gasteiger partial charge on any atom is -0.347 e. The number of rotatable bonds is 6. The number of carbonyl (C=O) groups excluding carboxylic acids is 1. The Kier molecular flexibility index (Phi) is 5.65. The molecule has 0 aliphatic carbocycles. The van der Waals surface area contributed by atoms with Gasteiger partial charge >= 0.3 is 0 Å².